The smallest absolute Gasteiger partial charge is 0.240 e. The molecular formula is C12H18N2O3S. The van der Waals surface area contributed by atoms with Crippen molar-refractivity contribution in [2.24, 2.45) is 5.41 Å². The van der Waals surface area contributed by atoms with E-state index in [2.05, 4.69) is 4.72 Å². The summed E-state index contributed by atoms with van der Waals surface area (Å²) in [6.45, 7) is 2.12. The number of sulfonamides is 1. The molecule has 100 valence electrons. The van der Waals surface area contributed by atoms with Crippen LogP contribution in [0.4, 0.5) is 5.69 Å². The van der Waals surface area contributed by atoms with Crippen molar-refractivity contribution in [3.8, 4) is 0 Å². The fourth-order valence-corrected chi connectivity index (χ4v) is 2.88. The maximum Gasteiger partial charge on any atom is 0.240 e. The first kappa shape index (κ1) is 13.3. The molecule has 0 radical (unpaired) electrons. The molecular weight excluding hydrogens is 252 g/mol. The van der Waals surface area contributed by atoms with Crippen LogP contribution >= 0.6 is 0 Å². The molecule has 1 fully saturated rings. The standard InChI is InChI=1S/C12H18N2O3S/c1-9-2-3-10(6-11(9)13)18(16,17)14-7-12(8-15)4-5-12/h2-3,6,14-15H,4-5,7-8,13H2,1H3. The molecule has 0 atom stereocenters. The molecule has 1 aromatic rings. The molecule has 1 aliphatic carbocycles. The zero-order chi connectivity index (χ0) is 13.4. The lowest BCUT2D eigenvalue weighted by Crippen LogP contribution is -2.32. The molecule has 6 heteroatoms. The maximum atomic E-state index is 12.0. The molecule has 2 rings (SSSR count). The van der Waals surface area contributed by atoms with Gasteiger partial charge in [-0.1, -0.05) is 6.07 Å². The lowest BCUT2D eigenvalue weighted by atomic mass is 10.1. The van der Waals surface area contributed by atoms with E-state index in [-0.39, 0.29) is 23.5 Å². The second-order valence-corrected chi connectivity index (χ2v) is 6.77. The van der Waals surface area contributed by atoms with Crippen molar-refractivity contribution in [2.75, 3.05) is 18.9 Å². The molecule has 0 aromatic heterocycles. The summed E-state index contributed by atoms with van der Waals surface area (Å²) in [6, 6.07) is 4.67. The predicted molar refractivity (Wildman–Crippen MR) is 69.5 cm³/mol. The largest absolute Gasteiger partial charge is 0.398 e. The SMILES string of the molecule is Cc1ccc(S(=O)(=O)NCC2(CO)CC2)cc1N. The van der Waals surface area contributed by atoms with Gasteiger partial charge in [-0.25, -0.2) is 13.1 Å². The Balaban J connectivity index is 2.13. The van der Waals surface area contributed by atoms with Crippen LogP contribution in [0.15, 0.2) is 23.1 Å². The van der Waals surface area contributed by atoms with Gasteiger partial charge in [-0.05, 0) is 37.5 Å². The van der Waals surface area contributed by atoms with Crippen LogP contribution in [-0.4, -0.2) is 26.7 Å². The monoisotopic (exact) mass is 270 g/mol. The van der Waals surface area contributed by atoms with Gasteiger partial charge < -0.3 is 10.8 Å². The van der Waals surface area contributed by atoms with Crippen LogP contribution in [0.2, 0.25) is 0 Å². The van der Waals surface area contributed by atoms with Crippen molar-refractivity contribution < 1.29 is 13.5 Å². The van der Waals surface area contributed by atoms with Crippen LogP contribution in [-0.2, 0) is 10.0 Å². The summed E-state index contributed by atoms with van der Waals surface area (Å²) < 4.78 is 26.6. The second kappa shape index (κ2) is 4.53. The molecule has 0 amide bonds. The average molecular weight is 270 g/mol. The highest BCUT2D eigenvalue weighted by Gasteiger charge is 2.42. The number of aliphatic hydroxyl groups excluding tert-OH is 1. The van der Waals surface area contributed by atoms with E-state index >= 15 is 0 Å². The minimum Gasteiger partial charge on any atom is -0.398 e. The maximum absolute atomic E-state index is 12.0. The van der Waals surface area contributed by atoms with Crippen LogP contribution < -0.4 is 10.5 Å². The van der Waals surface area contributed by atoms with Gasteiger partial charge in [-0.3, -0.25) is 0 Å². The Morgan fingerprint density at radius 2 is 2.11 bits per heavy atom. The van der Waals surface area contributed by atoms with Crippen molar-refractivity contribution in [3.05, 3.63) is 23.8 Å². The molecule has 4 N–H and O–H groups in total. The minimum absolute atomic E-state index is 0.0194. The highest BCUT2D eigenvalue weighted by molar-refractivity contribution is 7.89. The van der Waals surface area contributed by atoms with Gasteiger partial charge in [0.05, 0.1) is 4.90 Å². The van der Waals surface area contributed by atoms with Crippen LogP contribution in [0.1, 0.15) is 18.4 Å². The van der Waals surface area contributed by atoms with Crippen LogP contribution in [0, 0.1) is 12.3 Å². The summed E-state index contributed by atoms with van der Waals surface area (Å²) in [5.41, 5.74) is 6.77. The van der Waals surface area contributed by atoms with E-state index in [1.807, 2.05) is 6.92 Å². The van der Waals surface area contributed by atoms with Crippen LogP contribution in [0.5, 0.6) is 0 Å². The Labute approximate surface area is 107 Å². The number of nitrogens with one attached hydrogen (secondary N) is 1. The first-order valence-electron chi connectivity index (χ1n) is 5.85. The molecule has 0 bridgehead atoms. The Hall–Kier alpha value is -1.11. The third-order valence-corrected chi connectivity index (χ3v) is 4.89. The fourth-order valence-electron chi connectivity index (χ4n) is 1.68. The topological polar surface area (TPSA) is 92.4 Å². The van der Waals surface area contributed by atoms with Gasteiger partial charge in [0.1, 0.15) is 0 Å². The minimum atomic E-state index is -3.54. The quantitative estimate of drug-likeness (QED) is 0.684. The molecule has 5 nitrogen and oxygen atoms in total. The van der Waals surface area contributed by atoms with Gasteiger partial charge >= 0.3 is 0 Å². The van der Waals surface area contributed by atoms with E-state index < -0.39 is 10.0 Å². The molecule has 0 aliphatic heterocycles. The van der Waals surface area contributed by atoms with Crippen molar-refractivity contribution in [1.82, 2.24) is 4.72 Å². The van der Waals surface area contributed by atoms with E-state index in [1.165, 1.54) is 12.1 Å². The van der Waals surface area contributed by atoms with Gasteiger partial charge in [0.15, 0.2) is 0 Å². The van der Waals surface area contributed by atoms with Gasteiger partial charge in [0.25, 0.3) is 0 Å². The number of rotatable bonds is 5. The van der Waals surface area contributed by atoms with Gasteiger partial charge in [-0.15, -0.1) is 0 Å². The summed E-state index contributed by atoms with van der Waals surface area (Å²) in [5, 5.41) is 9.15. The van der Waals surface area contributed by atoms with Gasteiger partial charge in [-0.2, -0.15) is 0 Å². The average Bonchev–Trinajstić information content (AvgIpc) is 3.11. The molecule has 0 saturated heterocycles. The number of aliphatic hydroxyl groups is 1. The summed E-state index contributed by atoms with van der Waals surface area (Å²) in [7, 11) is -3.54. The zero-order valence-electron chi connectivity index (χ0n) is 10.3. The van der Waals surface area contributed by atoms with Crippen LogP contribution in [0.3, 0.4) is 0 Å². The number of hydrogen-bond acceptors (Lipinski definition) is 4. The number of anilines is 1. The third-order valence-electron chi connectivity index (χ3n) is 3.49. The van der Waals surface area contributed by atoms with Crippen molar-refractivity contribution in [1.29, 1.82) is 0 Å². The molecule has 0 unspecified atom stereocenters. The number of benzene rings is 1. The molecule has 0 heterocycles. The fraction of sp³-hybridized carbons (Fsp3) is 0.500. The molecule has 1 aromatic carbocycles. The Morgan fingerprint density at radius 3 is 2.61 bits per heavy atom. The van der Waals surface area contributed by atoms with Crippen molar-refractivity contribution in [2.45, 2.75) is 24.7 Å². The molecule has 0 spiro atoms. The summed E-state index contributed by atoms with van der Waals surface area (Å²) in [4.78, 5) is 0.166. The second-order valence-electron chi connectivity index (χ2n) is 5.00. The highest BCUT2D eigenvalue weighted by atomic mass is 32.2. The zero-order valence-corrected chi connectivity index (χ0v) is 11.1. The Bertz CT molecular complexity index is 550. The highest BCUT2D eigenvalue weighted by Crippen LogP contribution is 2.44. The van der Waals surface area contributed by atoms with Gasteiger partial charge in [0.2, 0.25) is 10.0 Å². The predicted octanol–water partition coefficient (Wildman–Crippen LogP) is 0.628. The normalized spacial score (nSPS) is 17.7. The van der Waals surface area contributed by atoms with E-state index in [9.17, 15) is 8.42 Å². The molecule has 1 saturated carbocycles. The third kappa shape index (κ3) is 2.66. The Kier molecular flexibility index (Phi) is 3.35. The molecule has 18 heavy (non-hydrogen) atoms. The first-order valence-corrected chi connectivity index (χ1v) is 7.34. The first-order chi connectivity index (χ1) is 8.38. The number of nitrogens with two attached hydrogens (primary N) is 1. The van der Waals surface area contributed by atoms with Crippen molar-refractivity contribution in [3.63, 3.8) is 0 Å². The van der Waals surface area contributed by atoms with Crippen molar-refractivity contribution >= 4 is 15.7 Å². The summed E-state index contributed by atoms with van der Waals surface area (Å²) in [6.07, 6.45) is 1.73. The Morgan fingerprint density at radius 1 is 1.44 bits per heavy atom. The van der Waals surface area contributed by atoms with Crippen LogP contribution in [0.25, 0.3) is 0 Å². The summed E-state index contributed by atoms with van der Waals surface area (Å²) in [5.74, 6) is 0. The number of aryl methyl sites for hydroxylation is 1. The van der Waals surface area contributed by atoms with E-state index in [0.717, 1.165) is 18.4 Å². The van der Waals surface area contributed by atoms with E-state index in [1.54, 1.807) is 6.07 Å². The van der Waals surface area contributed by atoms with Gasteiger partial charge in [0, 0.05) is 24.3 Å². The lowest BCUT2D eigenvalue weighted by Gasteiger charge is -2.13. The number of nitrogen functional groups attached to an aromatic ring is 1. The van der Waals surface area contributed by atoms with E-state index in [4.69, 9.17) is 10.8 Å². The van der Waals surface area contributed by atoms with E-state index in [0.29, 0.717) is 5.69 Å². The summed E-state index contributed by atoms with van der Waals surface area (Å²) >= 11 is 0. The number of hydrogen-bond donors (Lipinski definition) is 3. The lowest BCUT2D eigenvalue weighted by molar-refractivity contribution is 0.213. The molecule has 1 aliphatic rings.